The Bertz CT molecular complexity index is 450. The van der Waals surface area contributed by atoms with Gasteiger partial charge in [0.1, 0.15) is 18.1 Å². The minimum absolute atomic E-state index is 0.312. The summed E-state index contributed by atoms with van der Waals surface area (Å²) in [6.45, 7) is 8.33. The van der Waals surface area contributed by atoms with Crippen molar-refractivity contribution in [3.8, 4) is 11.5 Å². The van der Waals surface area contributed by atoms with E-state index in [-0.39, 0.29) is 5.54 Å². The second kappa shape index (κ2) is 3.39. The fourth-order valence-electron chi connectivity index (χ4n) is 2.29. The Morgan fingerprint density at radius 3 is 2.44 bits per heavy atom. The Balaban J connectivity index is 2.65. The number of nitrogens with two attached hydrogens (primary N) is 1. The van der Waals surface area contributed by atoms with E-state index in [1.165, 1.54) is 0 Å². The van der Waals surface area contributed by atoms with Gasteiger partial charge < -0.3 is 15.6 Å². The highest BCUT2D eigenvalue weighted by Gasteiger charge is 2.31. The normalized spacial score (nSPS) is 23.8. The molecule has 2 rings (SSSR count). The smallest absolute Gasteiger partial charge is 0.129 e. The molecule has 1 atom stereocenters. The Morgan fingerprint density at radius 1 is 1.19 bits per heavy atom. The highest BCUT2D eigenvalue weighted by Crippen LogP contribution is 2.40. The van der Waals surface area contributed by atoms with Crippen molar-refractivity contribution < 1.29 is 9.84 Å². The molecule has 1 aromatic carbocycles. The molecule has 0 amide bonds. The second-order valence-electron chi connectivity index (χ2n) is 5.15. The topological polar surface area (TPSA) is 55.5 Å². The molecule has 0 saturated heterocycles. The summed E-state index contributed by atoms with van der Waals surface area (Å²) in [5.74, 6) is 1.17. The van der Waals surface area contributed by atoms with Crippen molar-refractivity contribution in [2.75, 3.05) is 6.61 Å². The highest BCUT2D eigenvalue weighted by molar-refractivity contribution is 5.58. The lowest BCUT2D eigenvalue weighted by Gasteiger charge is -2.34. The number of hydrogen-bond acceptors (Lipinski definition) is 3. The third-order valence-electron chi connectivity index (χ3n) is 3.47. The first-order chi connectivity index (χ1) is 7.33. The van der Waals surface area contributed by atoms with Crippen LogP contribution in [0, 0.1) is 20.8 Å². The molecule has 1 unspecified atom stereocenters. The van der Waals surface area contributed by atoms with Gasteiger partial charge in [-0.05, 0) is 50.8 Å². The lowest BCUT2D eigenvalue weighted by atomic mass is 9.86. The average Bonchev–Trinajstić information content (AvgIpc) is 2.22. The summed E-state index contributed by atoms with van der Waals surface area (Å²) in [4.78, 5) is 0. The zero-order valence-electron chi connectivity index (χ0n) is 10.3. The molecule has 16 heavy (non-hydrogen) atoms. The van der Waals surface area contributed by atoms with Gasteiger partial charge in [-0.25, -0.2) is 0 Å². The van der Waals surface area contributed by atoms with Crippen LogP contribution in [0.5, 0.6) is 11.5 Å². The van der Waals surface area contributed by atoms with E-state index in [0.717, 1.165) is 34.4 Å². The highest BCUT2D eigenvalue weighted by atomic mass is 16.5. The molecule has 0 fully saturated rings. The van der Waals surface area contributed by atoms with Gasteiger partial charge in [0.15, 0.2) is 0 Å². The van der Waals surface area contributed by atoms with Gasteiger partial charge in [-0.1, -0.05) is 0 Å². The van der Waals surface area contributed by atoms with Crippen molar-refractivity contribution >= 4 is 0 Å². The summed E-state index contributed by atoms with van der Waals surface area (Å²) in [7, 11) is 0. The largest absolute Gasteiger partial charge is 0.507 e. The van der Waals surface area contributed by atoms with Crippen LogP contribution in [0.4, 0.5) is 0 Å². The average molecular weight is 221 g/mol. The van der Waals surface area contributed by atoms with Crippen molar-refractivity contribution in [1.29, 1.82) is 0 Å². The van der Waals surface area contributed by atoms with E-state index in [9.17, 15) is 5.11 Å². The van der Waals surface area contributed by atoms with Crippen LogP contribution in [0.3, 0.4) is 0 Å². The van der Waals surface area contributed by atoms with Crippen LogP contribution in [0.15, 0.2) is 0 Å². The molecule has 1 aromatic rings. The minimum atomic E-state index is -0.312. The van der Waals surface area contributed by atoms with Crippen molar-refractivity contribution in [3.05, 3.63) is 22.3 Å². The second-order valence-corrected chi connectivity index (χ2v) is 5.15. The molecular weight excluding hydrogens is 202 g/mol. The van der Waals surface area contributed by atoms with Crippen LogP contribution in [0.2, 0.25) is 0 Å². The van der Waals surface area contributed by atoms with Gasteiger partial charge in [0.05, 0.1) is 5.54 Å². The van der Waals surface area contributed by atoms with E-state index in [0.29, 0.717) is 12.4 Å². The third kappa shape index (κ3) is 1.55. The number of phenolic OH excluding ortho intramolecular Hbond substituents is 1. The Kier molecular flexibility index (Phi) is 2.39. The molecule has 1 heterocycles. The Labute approximate surface area is 96.2 Å². The SMILES string of the molecule is Cc1c(C)c2c(c(C)c1O)OCC(C)(N)C2. The molecule has 0 bridgehead atoms. The fraction of sp³-hybridized carbons (Fsp3) is 0.538. The van der Waals surface area contributed by atoms with E-state index < -0.39 is 0 Å². The number of phenols is 1. The predicted octanol–water partition coefficient (Wildman–Crippen LogP) is 1.97. The summed E-state index contributed by atoms with van der Waals surface area (Å²) >= 11 is 0. The van der Waals surface area contributed by atoms with Crippen LogP contribution in [-0.4, -0.2) is 17.3 Å². The van der Waals surface area contributed by atoms with Crippen molar-refractivity contribution in [1.82, 2.24) is 0 Å². The molecule has 3 nitrogen and oxygen atoms in total. The van der Waals surface area contributed by atoms with Crippen LogP contribution in [-0.2, 0) is 6.42 Å². The van der Waals surface area contributed by atoms with Gasteiger partial charge in [0.25, 0.3) is 0 Å². The van der Waals surface area contributed by atoms with Crippen LogP contribution in [0.1, 0.15) is 29.2 Å². The van der Waals surface area contributed by atoms with Gasteiger partial charge in [-0.15, -0.1) is 0 Å². The summed E-state index contributed by atoms with van der Waals surface area (Å²) < 4.78 is 5.70. The first-order valence-electron chi connectivity index (χ1n) is 5.57. The van der Waals surface area contributed by atoms with Gasteiger partial charge in [-0.2, -0.15) is 0 Å². The number of rotatable bonds is 0. The molecular formula is C13H19NO2. The molecule has 88 valence electrons. The van der Waals surface area contributed by atoms with E-state index in [1.54, 1.807) is 0 Å². The van der Waals surface area contributed by atoms with Crippen LogP contribution >= 0.6 is 0 Å². The Hall–Kier alpha value is -1.22. The number of ether oxygens (including phenoxy) is 1. The zero-order valence-corrected chi connectivity index (χ0v) is 10.3. The lowest BCUT2D eigenvalue weighted by molar-refractivity contribution is 0.201. The third-order valence-corrected chi connectivity index (χ3v) is 3.47. The standard InChI is InChI=1S/C13H19NO2/c1-7-8(2)11(15)9(3)12-10(7)5-13(4,14)6-16-12/h15H,5-6,14H2,1-4H3. The number of hydrogen-bond donors (Lipinski definition) is 2. The first kappa shape index (κ1) is 11.3. The molecule has 1 aliphatic heterocycles. The van der Waals surface area contributed by atoms with Crippen molar-refractivity contribution in [2.45, 2.75) is 39.7 Å². The summed E-state index contributed by atoms with van der Waals surface area (Å²) in [5.41, 5.74) is 9.79. The fourth-order valence-corrected chi connectivity index (χ4v) is 2.29. The lowest BCUT2D eigenvalue weighted by Crippen LogP contribution is -2.47. The summed E-state index contributed by atoms with van der Waals surface area (Å²) in [5, 5.41) is 9.96. The molecule has 3 heteroatoms. The molecule has 0 aliphatic carbocycles. The number of benzene rings is 1. The van der Waals surface area contributed by atoms with Crippen LogP contribution < -0.4 is 10.5 Å². The van der Waals surface area contributed by atoms with Crippen molar-refractivity contribution in [3.63, 3.8) is 0 Å². The van der Waals surface area contributed by atoms with E-state index in [1.807, 2.05) is 27.7 Å². The van der Waals surface area contributed by atoms with Gasteiger partial charge in [0, 0.05) is 5.56 Å². The predicted molar refractivity (Wildman–Crippen MR) is 64.1 cm³/mol. The minimum Gasteiger partial charge on any atom is -0.507 e. The number of aromatic hydroxyl groups is 1. The van der Waals surface area contributed by atoms with Crippen LogP contribution in [0.25, 0.3) is 0 Å². The monoisotopic (exact) mass is 221 g/mol. The quantitative estimate of drug-likeness (QED) is 0.704. The molecule has 3 N–H and O–H groups in total. The summed E-state index contributed by atoms with van der Waals surface area (Å²) in [6.07, 6.45) is 0.802. The molecule has 0 spiro atoms. The maximum absolute atomic E-state index is 9.96. The van der Waals surface area contributed by atoms with E-state index in [4.69, 9.17) is 10.5 Å². The molecule has 0 saturated carbocycles. The molecule has 0 aromatic heterocycles. The molecule has 1 aliphatic rings. The number of fused-ring (bicyclic) bond motifs is 1. The maximum Gasteiger partial charge on any atom is 0.129 e. The van der Waals surface area contributed by atoms with E-state index in [2.05, 4.69) is 0 Å². The Morgan fingerprint density at radius 2 is 1.81 bits per heavy atom. The zero-order chi connectivity index (χ0) is 12.1. The van der Waals surface area contributed by atoms with E-state index >= 15 is 0 Å². The summed E-state index contributed by atoms with van der Waals surface area (Å²) in [6, 6.07) is 0. The van der Waals surface area contributed by atoms with Gasteiger partial charge in [-0.3, -0.25) is 0 Å². The van der Waals surface area contributed by atoms with Gasteiger partial charge >= 0.3 is 0 Å². The van der Waals surface area contributed by atoms with Gasteiger partial charge in [0.2, 0.25) is 0 Å². The first-order valence-corrected chi connectivity index (χ1v) is 5.57. The maximum atomic E-state index is 9.96. The molecule has 0 radical (unpaired) electrons. The van der Waals surface area contributed by atoms with Crippen molar-refractivity contribution in [2.24, 2.45) is 5.73 Å².